The van der Waals surface area contributed by atoms with Gasteiger partial charge in [-0.05, 0) is 35.9 Å². The van der Waals surface area contributed by atoms with Crippen molar-refractivity contribution in [1.82, 2.24) is 10.3 Å². The van der Waals surface area contributed by atoms with E-state index in [4.69, 9.17) is 4.74 Å². The Morgan fingerprint density at radius 2 is 1.94 bits per heavy atom. The van der Waals surface area contributed by atoms with E-state index in [9.17, 15) is 18.4 Å². The van der Waals surface area contributed by atoms with Crippen molar-refractivity contribution in [3.63, 3.8) is 0 Å². The molecule has 1 fully saturated rings. The van der Waals surface area contributed by atoms with Crippen molar-refractivity contribution in [3.05, 3.63) is 89.8 Å². The van der Waals surface area contributed by atoms with Crippen LogP contribution in [0.25, 0.3) is 0 Å². The van der Waals surface area contributed by atoms with Crippen LogP contribution in [-0.4, -0.2) is 23.3 Å². The molecule has 1 aliphatic heterocycles. The number of nitrogens with one attached hydrogen (secondary N) is 1. The maximum atomic E-state index is 14.0. The molecule has 6 nitrogen and oxygen atoms in total. The predicted octanol–water partition coefficient (Wildman–Crippen LogP) is 3.61. The molecule has 1 saturated heterocycles. The molecule has 4 rings (SSSR count). The summed E-state index contributed by atoms with van der Waals surface area (Å²) in [5.41, 5.74) is 1.82. The van der Waals surface area contributed by atoms with Gasteiger partial charge in [-0.1, -0.05) is 18.2 Å². The lowest BCUT2D eigenvalue weighted by Gasteiger charge is -2.17. The molecule has 164 valence electrons. The molecule has 8 heteroatoms. The lowest BCUT2D eigenvalue weighted by Crippen LogP contribution is -2.32. The SMILES string of the molecule is O=C(NCc1ccc(OCc2cccnc2)cc1)C1CC(=O)N(c2ccc(F)cc2F)C1. The lowest BCUT2D eigenvalue weighted by molar-refractivity contribution is -0.126. The van der Waals surface area contributed by atoms with Gasteiger partial charge < -0.3 is 15.0 Å². The first-order valence-electron chi connectivity index (χ1n) is 10.1. The number of ether oxygens (including phenoxy) is 1. The quantitative estimate of drug-likeness (QED) is 0.613. The summed E-state index contributed by atoms with van der Waals surface area (Å²) in [5, 5.41) is 2.81. The van der Waals surface area contributed by atoms with Crippen molar-refractivity contribution >= 4 is 17.5 Å². The maximum Gasteiger partial charge on any atom is 0.227 e. The molecule has 32 heavy (non-hydrogen) atoms. The van der Waals surface area contributed by atoms with E-state index in [0.717, 1.165) is 23.3 Å². The average molecular weight is 437 g/mol. The van der Waals surface area contributed by atoms with Gasteiger partial charge in [0.05, 0.1) is 11.6 Å². The van der Waals surface area contributed by atoms with E-state index in [1.165, 1.54) is 11.0 Å². The second-order valence-electron chi connectivity index (χ2n) is 7.51. The van der Waals surface area contributed by atoms with Crippen LogP contribution in [0.1, 0.15) is 17.5 Å². The fourth-order valence-corrected chi connectivity index (χ4v) is 3.50. The first-order chi connectivity index (χ1) is 15.5. The third-order valence-corrected chi connectivity index (χ3v) is 5.21. The summed E-state index contributed by atoms with van der Waals surface area (Å²) in [6.07, 6.45) is 3.42. The minimum Gasteiger partial charge on any atom is -0.489 e. The number of pyridine rings is 1. The van der Waals surface area contributed by atoms with E-state index in [1.807, 2.05) is 36.4 Å². The highest BCUT2D eigenvalue weighted by molar-refractivity contribution is 6.00. The molecule has 0 spiro atoms. The van der Waals surface area contributed by atoms with E-state index < -0.39 is 17.6 Å². The smallest absolute Gasteiger partial charge is 0.227 e. The van der Waals surface area contributed by atoms with Crippen LogP contribution in [0.3, 0.4) is 0 Å². The first kappa shape index (κ1) is 21.4. The van der Waals surface area contributed by atoms with Gasteiger partial charge in [-0.3, -0.25) is 14.6 Å². The van der Waals surface area contributed by atoms with Gasteiger partial charge in [0.1, 0.15) is 24.0 Å². The van der Waals surface area contributed by atoms with Crippen LogP contribution in [0.5, 0.6) is 5.75 Å². The Bertz CT molecular complexity index is 1110. The van der Waals surface area contributed by atoms with Crippen molar-refractivity contribution in [2.75, 3.05) is 11.4 Å². The number of anilines is 1. The number of nitrogens with zero attached hydrogens (tertiary/aromatic N) is 2. The highest BCUT2D eigenvalue weighted by atomic mass is 19.1. The number of hydrogen-bond acceptors (Lipinski definition) is 4. The summed E-state index contributed by atoms with van der Waals surface area (Å²) in [5.74, 6) is -2.12. The third-order valence-electron chi connectivity index (χ3n) is 5.21. The molecule has 1 aromatic heterocycles. The summed E-state index contributed by atoms with van der Waals surface area (Å²) in [7, 11) is 0. The Hall–Kier alpha value is -3.81. The molecular weight excluding hydrogens is 416 g/mol. The number of benzene rings is 2. The molecule has 1 aliphatic rings. The average Bonchev–Trinajstić information content (AvgIpc) is 3.19. The Kier molecular flexibility index (Phi) is 6.39. The zero-order chi connectivity index (χ0) is 22.5. The zero-order valence-electron chi connectivity index (χ0n) is 17.1. The molecule has 0 aliphatic carbocycles. The monoisotopic (exact) mass is 437 g/mol. The summed E-state index contributed by atoms with van der Waals surface area (Å²) >= 11 is 0. The molecule has 1 unspecified atom stereocenters. The van der Waals surface area contributed by atoms with E-state index in [2.05, 4.69) is 10.3 Å². The van der Waals surface area contributed by atoms with Crippen LogP contribution in [-0.2, 0) is 22.7 Å². The molecule has 1 N–H and O–H groups in total. The third kappa shape index (κ3) is 5.08. The zero-order valence-corrected chi connectivity index (χ0v) is 17.1. The van der Waals surface area contributed by atoms with E-state index in [-0.39, 0.29) is 37.0 Å². The second-order valence-corrected chi connectivity index (χ2v) is 7.51. The normalized spacial score (nSPS) is 15.6. The van der Waals surface area contributed by atoms with Crippen LogP contribution in [0.2, 0.25) is 0 Å². The molecule has 0 radical (unpaired) electrons. The van der Waals surface area contributed by atoms with Crippen molar-refractivity contribution in [2.24, 2.45) is 5.92 Å². The molecule has 2 aromatic carbocycles. The van der Waals surface area contributed by atoms with Crippen molar-refractivity contribution < 1.29 is 23.1 Å². The van der Waals surface area contributed by atoms with Crippen molar-refractivity contribution in [1.29, 1.82) is 0 Å². The molecule has 2 heterocycles. The van der Waals surface area contributed by atoms with Crippen molar-refractivity contribution in [2.45, 2.75) is 19.6 Å². The number of amides is 2. The van der Waals surface area contributed by atoms with E-state index in [0.29, 0.717) is 12.4 Å². The van der Waals surface area contributed by atoms with Gasteiger partial charge in [0, 0.05) is 43.5 Å². The molecule has 1 atom stereocenters. The van der Waals surface area contributed by atoms with Gasteiger partial charge in [0.15, 0.2) is 0 Å². The number of carbonyl (C=O) groups is 2. The van der Waals surface area contributed by atoms with Crippen LogP contribution in [0, 0.1) is 17.6 Å². The predicted molar refractivity (Wildman–Crippen MR) is 114 cm³/mol. The van der Waals surface area contributed by atoms with Crippen LogP contribution in [0.4, 0.5) is 14.5 Å². The number of halogens is 2. The molecule has 2 amide bonds. The van der Waals surface area contributed by atoms with Crippen LogP contribution >= 0.6 is 0 Å². The highest BCUT2D eigenvalue weighted by Crippen LogP contribution is 2.28. The Labute approximate surface area is 183 Å². The molecule has 0 saturated carbocycles. The Morgan fingerprint density at radius 3 is 2.66 bits per heavy atom. The summed E-state index contributed by atoms with van der Waals surface area (Å²) in [4.78, 5) is 30.0. The van der Waals surface area contributed by atoms with Gasteiger partial charge in [-0.15, -0.1) is 0 Å². The molecule has 3 aromatic rings. The summed E-state index contributed by atoms with van der Waals surface area (Å²) in [6.45, 7) is 0.746. The standard InChI is InChI=1S/C24H21F2N3O3/c25-19-5-8-22(21(26)11-19)29-14-18(10-23(29)30)24(31)28-13-16-3-6-20(7-4-16)32-15-17-2-1-9-27-12-17/h1-9,11-12,18H,10,13-15H2,(H,28,31). The number of rotatable bonds is 7. The second kappa shape index (κ2) is 9.55. The van der Waals surface area contributed by atoms with Gasteiger partial charge in [-0.2, -0.15) is 0 Å². The van der Waals surface area contributed by atoms with Gasteiger partial charge in [0.2, 0.25) is 11.8 Å². The lowest BCUT2D eigenvalue weighted by atomic mass is 10.1. The van der Waals surface area contributed by atoms with Gasteiger partial charge in [0.25, 0.3) is 0 Å². The molecular formula is C24H21F2N3O3. The molecule has 0 bridgehead atoms. The first-order valence-corrected chi connectivity index (χ1v) is 10.1. The van der Waals surface area contributed by atoms with Crippen LogP contribution < -0.4 is 15.0 Å². The summed E-state index contributed by atoms with van der Waals surface area (Å²) in [6, 6.07) is 14.1. The van der Waals surface area contributed by atoms with Crippen molar-refractivity contribution in [3.8, 4) is 5.75 Å². The van der Waals surface area contributed by atoms with Gasteiger partial charge in [-0.25, -0.2) is 8.78 Å². The minimum atomic E-state index is -0.828. The number of aromatic nitrogens is 1. The fraction of sp³-hybridized carbons (Fsp3) is 0.208. The number of hydrogen-bond donors (Lipinski definition) is 1. The minimum absolute atomic E-state index is 0.0198. The largest absolute Gasteiger partial charge is 0.489 e. The van der Waals surface area contributed by atoms with Crippen LogP contribution in [0.15, 0.2) is 67.0 Å². The maximum absolute atomic E-state index is 14.0. The number of carbonyl (C=O) groups excluding carboxylic acids is 2. The van der Waals surface area contributed by atoms with Gasteiger partial charge >= 0.3 is 0 Å². The fourth-order valence-electron chi connectivity index (χ4n) is 3.50. The topological polar surface area (TPSA) is 71.5 Å². The highest BCUT2D eigenvalue weighted by Gasteiger charge is 2.36. The Balaban J connectivity index is 1.28. The van der Waals surface area contributed by atoms with E-state index in [1.54, 1.807) is 12.4 Å². The Morgan fingerprint density at radius 1 is 1.12 bits per heavy atom. The summed E-state index contributed by atoms with van der Waals surface area (Å²) < 4.78 is 32.8. The van der Waals surface area contributed by atoms with E-state index >= 15 is 0 Å².